The third-order valence-electron chi connectivity index (χ3n) is 2.97. The summed E-state index contributed by atoms with van der Waals surface area (Å²) < 4.78 is 28.9. The van der Waals surface area contributed by atoms with E-state index in [4.69, 9.17) is 14.2 Å². The standard InChI is InChI=1S/C17H28FN3O3/c1-4-19-17(20-9-10-23-12-11-22-3)21-13-14(2)24-16-7-5-15(18)6-8-16/h5-8,14H,4,9-13H2,1-3H3,(H2,19,20,21). The molecule has 1 aromatic rings. The highest BCUT2D eigenvalue weighted by Gasteiger charge is 2.05. The first-order valence-corrected chi connectivity index (χ1v) is 8.16. The van der Waals surface area contributed by atoms with Crippen LogP contribution in [0.4, 0.5) is 4.39 Å². The molecule has 1 unspecified atom stereocenters. The Morgan fingerprint density at radius 2 is 1.92 bits per heavy atom. The monoisotopic (exact) mass is 341 g/mol. The molecule has 0 spiro atoms. The summed E-state index contributed by atoms with van der Waals surface area (Å²) in [7, 11) is 1.65. The molecule has 7 heteroatoms. The number of guanidine groups is 1. The smallest absolute Gasteiger partial charge is 0.191 e. The molecule has 0 aliphatic heterocycles. The van der Waals surface area contributed by atoms with Crippen molar-refractivity contribution in [2.45, 2.75) is 20.0 Å². The van der Waals surface area contributed by atoms with Gasteiger partial charge < -0.3 is 24.8 Å². The summed E-state index contributed by atoms with van der Waals surface area (Å²) in [6, 6.07) is 5.97. The fourth-order valence-corrected chi connectivity index (χ4v) is 1.83. The average Bonchev–Trinajstić information content (AvgIpc) is 2.57. The molecule has 0 bridgehead atoms. The van der Waals surface area contributed by atoms with Gasteiger partial charge in [-0.15, -0.1) is 0 Å². The molecule has 0 radical (unpaired) electrons. The Labute approximate surface area is 143 Å². The van der Waals surface area contributed by atoms with Gasteiger partial charge in [0.2, 0.25) is 0 Å². The molecule has 1 aromatic carbocycles. The molecule has 0 saturated carbocycles. The molecule has 24 heavy (non-hydrogen) atoms. The fraction of sp³-hybridized carbons (Fsp3) is 0.588. The van der Waals surface area contributed by atoms with Crippen LogP contribution in [0.1, 0.15) is 13.8 Å². The molecule has 0 saturated heterocycles. The Hall–Kier alpha value is -1.86. The lowest BCUT2D eigenvalue weighted by Crippen LogP contribution is -2.39. The Kier molecular flexibility index (Phi) is 10.6. The van der Waals surface area contributed by atoms with Gasteiger partial charge in [-0.1, -0.05) is 0 Å². The minimum atomic E-state index is -0.278. The van der Waals surface area contributed by atoms with Crippen LogP contribution in [0.2, 0.25) is 0 Å². The maximum atomic E-state index is 12.9. The number of hydrogen-bond donors (Lipinski definition) is 2. The number of nitrogens with one attached hydrogen (secondary N) is 2. The van der Waals surface area contributed by atoms with Crippen molar-refractivity contribution < 1.29 is 18.6 Å². The van der Waals surface area contributed by atoms with Gasteiger partial charge in [0.15, 0.2) is 5.96 Å². The van der Waals surface area contributed by atoms with Gasteiger partial charge in [0.05, 0.1) is 26.4 Å². The maximum Gasteiger partial charge on any atom is 0.191 e. The van der Waals surface area contributed by atoms with Gasteiger partial charge >= 0.3 is 0 Å². The Balaban J connectivity index is 2.33. The molecule has 0 aliphatic rings. The van der Waals surface area contributed by atoms with Gasteiger partial charge in [-0.25, -0.2) is 9.38 Å². The van der Waals surface area contributed by atoms with Crippen molar-refractivity contribution in [3.8, 4) is 5.75 Å². The van der Waals surface area contributed by atoms with Crippen molar-refractivity contribution in [1.82, 2.24) is 10.6 Å². The second-order valence-electron chi connectivity index (χ2n) is 5.13. The zero-order chi connectivity index (χ0) is 17.6. The van der Waals surface area contributed by atoms with Crippen molar-refractivity contribution in [3.05, 3.63) is 30.1 Å². The number of methoxy groups -OCH3 is 1. The molecule has 1 atom stereocenters. The summed E-state index contributed by atoms with van der Waals surface area (Å²) in [4.78, 5) is 4.48. The fourth-order valence-electron chi connectivity index (χ4n) is 1.83. The number of nitrogens with zero attached hydrogens (tertiary/aromatic N) is 1. The normalized spacial score (nSPS) is 12.8. The average molecular weight is 341 g/mol. The third-order valence-corrected chi connectivity index (χ3v) is 2.97. The molecule has 6 nitrogen and oxygen atoms in total. The van der Waals surface area contributed by atoms with Crippen molar-refractivity contribution >= 4 is 5.96 Å². The zero-order valence-corrected chi connectivity index (χ0v) is 14.7. The molecule has 0 amide bonds. The predicted molar refractivity (Wildman–Crippen MR) is 93.2 cm³/mol. The molecular formula is C17H28FN3O3. The number of benzene rings is 1. The lowest BCUT2D eigenvalue weighted by atomic mass is 10.3. The minimum absolute atomic E-state index is 0.121. The Morgan fingerprint density at radius 3 is 2.58 bits per heavy atom. The van der Waals surface area contributed by atoms with Crippen LogP contribution in [0.5, 0.6) is 5.75 Å². The summed E-state index contributed by atoms with van der Waals surface area (Å²) in [6.45, 7) is 7.58. The van der Waals surface area contributed by atoms with E-state index in [-0.39, 0.29) is 11.9 Å². The van der Waals surface area contributed by atoms with E-state index in [0.29, 0.717) is 44.6 Å². The number of aliphatic imine (C=N–C) groups is 1. The third kappa shape index (κ3) is 9.32. The van der Waals surface area contributed by atoms with Crippen molar-refractivity contribution in [1.29, 1.82) is 0 Å². The van der Waals surface area contributed by atoms with Crippen LogP contribution in [-0.2, 0) is 9.47 Å². The topological polar surface area (TPSA) is 64.1 Å². The molecular weight excluding hydrogens is 313 g/mol. The van der Waals surface area contributed by atoms with Crippen LogP contribution < -0.4 is 15.4 Å². The lowest BCUT2D eigenvalue weighted by molar-refractivity contribution is 0.0733. The summed E-state index contributed by atoms with van der Waals surface area (Å²) in [6.07, 6.45) is -0.121. The molecule has 0 fully saturated rings. The molecule has 0 aliphatic carbocycles. The molecule has 0 heterocycles. The highest BCUT2D eigenvalue weighted by Crippen LogP contribution is 2.12. The van der Waals surface area contributed by atoms with E-state index in [2.05, 4.69) is 15.6 Å². The SMILES string of the molecule is CCNC(=NCC(C)Oc1ccc(F)cc1)NCCOCCOC. The summed E-state index contributed by atoms with van der Waals surface area (Å²) in [5.74, 6) is 1.06. The van der Waals surface area contributed by atoms with Crippen molar-refractivity contribution in [3.63, 3.8) is 0 Å². The van der Waals surface area contributed by atoms with Gasteiger partial charge in [0, 0.05) is 20.2 Å². The van der Waals surface area contributed by atoms with E-state index in [1.165, 1.54) is 12.1 Å². The number of ether oxygens (including phenoxy) is 3. The van der Waals surface area contributed by atoms with Crippen LogP contribution in [0.25, 0.3) is 0 Å². The van der Waals surface area contributed by atoms with Crippen LogP contribution in [0.15, 0.2) is 29.3 Å². The lowest BCUT2D eigenvalue weighted by Gasteiger charge is -2.15. The van der Waals surface area contributed by atoms with E-state index in [1.807, 2.05) is 13.8 Å². The second-order valence-corrected chi connectivity index (χ2v) is 5.13. The first kappa shape index (κ1) is 20.2. The van der Waals surface area contributed by atoms with Crippen molar-refractivity contribution in [2.75, 3.05) is 46.6 Å². The van der Waals surface area contributed by atoms with E-state index in [9.17, 15) is 4.39 Å². The Bertz CT molecular complexity index is 469. The quantitative estimate of drug-likeness (QED) is 0.365. The summed E-state index contributed by atoms with van der Waals surface area (Å²) in [5.41, 5.74) is 0. The number of rotatable bonds is 11. The van der Waals surface area contributed by atoms with E-state index < -0.39 is 0 Å². The zero-order valence-electron chi connectivity index (χ0n) is 14.7. The molecule has 0 aromatic heterocycles. The van der Waals surface area contributed by atoms with Gasteiger partial charge in [-0.3, -0.25) is 0 Å². The van der Waals surface area contributed by atoms with Crippen LogP contribution in [0.3, 0.4) is 0 Å². The maximum absolute atomic E-state index is 12.9. The highest BCUT2D eigenvalue weighted by molar-refractivity contribution is 5.79. The Morgan fingerprint density at radius 1 is 1.17 bits per heavy atom. The van der Waals surface area contributed by atoms with E-state index in [0.717, 1.165) is 6.54 Å². The van der Waals surface area contributed by atoms with E-state index >= 15 is 0 Å². The molecule has 2 N–H and O–H groups in total. The first-order chi connectivity index (χ1) is 11.7. The largest absolute Gasteiger partial charge is 0.489 e. The van der Waals surface area contributed by atoms with Crippen LogP contribution in [-0.4, -0.2) is 58.6 Å². The number of hydrogen-bond acceptors (Lipinski definition) is 4. The van der Waals surface area contributed by atoms with Crippen LogP contribution in [0, 0.1) is 5.82 Å². The highest BCUT2D eigenvalue weighted by atomic mass is 19.1. The minimum Gasteiger partial charge on any atom is -0.489 e. The van der Waals surface area contributed by atoms with Gasteiger partial charge in [-0.05, 0) is 38.1 Å². The molecule has 1 rings (SSSR count). The summed E-state index contributed by atoms with van der Waals surface area (Å²) >= 11 is 0. The van der Waals surface area contributed by atoms with Crippen molar-refractivity contribution in [2.24, 2.45) is 4.99 Å². The number of halogens is 1. The van der Waals surface area contributed by atoms with Crippen LogP contribution >= 0.6 is 0 Å². The van der Waals surface area contributed by atoms with E-state index in [1.54, 1.807) is 19.2 Å². The first-order valence-electron chi connectivity index (χ1n) is 8.16. The van der Waals surface area contributed by atoms with Gasteiger partial charge in [0.25, 0.3) is 0 Å². The van der Waals surface area contributed by atoms with Gasteiger partial charge in [-0.2, -0.15) is 0 Å². The summed E-state index contributed by atoms with van der Waals surface area (Å²) in [5, 5.41) is 6.36. The predicted octanol–water partition coefficient (Wildman–Crippen LogP) is 1.81. The van der Waals surface area contributed by atoms with Gasteiger partial charge in [0.1, 0.15) is 17.7 Å². The second kappa shape index (κ2) is 12.5. The molecule has 136 valence electrons.